The van der Waals surface area contributed by atoms with E-state index in [9.17, 15) is 13.2 Å². The Labute approximate surface area is 160 Å². The van der Waals surface area contributed by atoms with Crippen LogP contribution in [-0.4, -0.2) is 26.7 Å². The van der Waals surface area contributed by atoms with E-state index in [0.29, 0.717) is 18.5 Å². The van der Waals surface area contributed by atoms with E-state index in [0.717, 1.165) is 34.5 Å². The van der Waals surface area contributed by atoms with Gasteiger partial charge in [-0.05, 0) is 60.7 Å². The van der Waals surface area contributed by atoms with E-state index in [4.69, 9.17) is 5.11 Å². The smallest absolute Gasteiger partial charge is 0.396 e. The molecule has 0 saturated carbocycles. The quantitative estimate of drug-likeness (QED) is 0.649. The second kappa shape index (κ2) is 8.35. The van der Waals surface area contributed by atoms with E-state index in [-0.39, 0.29) is 12.6 Å². The van der Waals surface area contributed by atoms with E-state index in [1.165, 1.54) is 0 Å². The summed E-state index contributed by atoms with van der Waals surface area (Å²) in [7, 11) is 0. The molecule has 0 atom stereocenters. The molecule has 0 aliphatic heterocycles. The first-order chi connectivity index (χ1) is 13.3. The van der Waals surface area contributed by atoms with Gasteiger partial charge in [0.1, 0.15) is 5.69 Å². The van der Waals surface area contributed by atoms with Crippen molar-refractivity contribution in [2.45, 2.75) is 25.9 Å². The molecular formula is C20H19F3N4O. The average molecular weight is 388 g/mol. The SMILES string of the molecule is Cc1cc(Nc2nccc(C(F)(F)F)n2)cc(-c2cncc(CCCO)c2)c1. The monoisotopic (exact) mass is 388 g/mol. The van der Waals surface area contributed by atoms with Crippen molar-refractivity contribution >= 4 is 11.6 Å². The number of anilines is 2. The van der Waals surface area contributed by atoms with Crippen LogP contribution in [0.2, 0.25) is 0 Å². The van der Waals surface area contributed by atoms with Crippen LogP contribution in [0.25, 0.3) is 11.1 Å². The number of hydrogen-bond donors (Lipinski definition) is 2. The second-order valence-corrected chi connectivity index (χ2v) is 6.38. The van der Waals surface area contributed by atoms with Crippen LogP contribution in [-0.2, 0) is 12.6 Å². The fraction of sp³-hybridized carbons (Fsp3) is 0.250. The van der Waals surface area contributed by atoms with Crippen LogP contribution in [0.1, 0.15) is 23.2 Å². The lowest BCUT2D eigenvalue weighted by Gasteiger charge is -2.11. The molecule has 8 heteroatoms. The lowest BCUT2D eigenvalue weighted by atomic mass is 10.0. The van der Waals surface area contributed by atoms with Crippen LogP contribution >= 0.6 is 0 Å². The van der Waals surface area contributed by atoms with Crippen LogP contribution in [0.3, 0.4) is 0 Å². The summed E-state index contributed by atoms with van der Waals surface area (Å²) in [5.74, 6) is -0.124. The minimum atomic E-state index is -4.53. The minimum Gasteiger partial charge on any atom is -0.396 e. The third-order valence-electron chi connectivity index (χ3n) is 4.03. The van der Waals surface area contributed by atoms with Gasteiger partial charge in [0, 0.05) is 36.4 Å². The molecule has 0 radical (unpaired) electrons. The van der Waals surface area contributed by atoms with Gasteiger partial charge in [-0.3, -0.25) is 4.98 Å². The zero-order valence-electron chi connectivity index (χ0n) is 15.2. The van der Waals surface area contributed by atoms with E-state index in [1.807, 2.05) is 25.1 Å². The van der Waals surface area contributed by atoms with Gasteiger partial charge in [0.2, 0.25) is 5.95 Å². The van der Waals surface area contributed by atoms with Crippen molar-refractivity contribution in [2.75, 3.05) is 11.9 Å². The highest BCUT2D eigenvalue weighted by Crippen LogP contribution is 2.29. The molecule has 28 heavy (non-hydrogen) atoms. The number of pyridine rings is 1. The first-order valence-corrected chi connectivity index (χ1v) is 8.69. The summed E-state index contributed by atoms with van der Waals surface area (Å²) in [6, 6.07) is 8.39. The number of aliphatic hydroxyl groups is 1. The van der Waals surface area contributed by atoms with Crippen molar-refractivity contribution in [2.24, 2.45) is 0 Å². The first kappa shape index (κ1) is 19.8. The summed E-state index contributed by atoms with van der Waals surface area (Å²) in [5.41, 5.74) is 3.25. The zero-order chi connectivity index (χ0) is 20.1. The lowest BCUT2D eigenvalue weighted by molar-refractivity contribution is -0.141. The Morgan fingerprint density at radius 2 is 1.89 bits per heavy atom. The Morgan fingerprint density at radius 3 is 2.64 bits per heavy atom. The molecule has 0 unspecified atom stereocenters. The number of aliphatic hydroxyl groups excluding tert-OH is 1. The molecular weight excluding hydrogens is 369 g/mol. The molecule has 0 saturated heterocycles. The normalized spacial score (nSPS) is 11.5. The maximum atomic E-state index is 12.8. The number of nitrogens with one attached hydrogen (secondary N) is 1. The van der Waals surface area contributed by atoms with Crippen molar-refractivity contribution in [3.63, 3.8) is 0 Å². The van der Waals surface area contributed by atoms with Crippen LogP contribution in [0.4, 0.5) is 24.8 Å². The van der Waals surface area contributed by atoms with Gasteiger partial charge in [-0.1, -0.05) is 6.07 Å². The van der Waals surface area contributed by atoms with Gasteiger partial charge in [0.25, 0.3) is 0 Å². The van der Waals surface area contributed by atoms with Crippen LogP contribution in [0.15, 0.2) is 48.9 Å². The molecule has 5 nitrogen and oxygen atoms in total. The number of aryl methyl sites for hydroxylation is 2. The standard InChI is InChI=1S/C20H19F3N4O/c1-13-7-15(16-9-14(3-2-6-28)11-24-12-16)10-17(8-13)26-19-25-5-4-18(27-19)20(21,22)23/h4-5,7-12,28H,2-3,6H2,1H3,(H,25,26,27). The fourth-order valence-corrected chi connectivity index (χ4v) is 2.79. The largest absolute Gasteiger partial charge is 0.433 e. The zero-order valence-corrected chi connectivity index (χ0v) is 15.2. The summed E-state index contributed by atoms with van der Waals surface area (Å²) in [4.78, 5) is 11.7. The van der Waals surface area contributed by atoms with Crippen molar-refractivity contribution in [1.82, 2.24) is 15.0 Å². The number of hydrogen-bond acceptors (Lipinski definition) is 5. The second-order valence-electron chi connectivity index (χ2n) is 6.38. The van der Waals surface area contributed by atoms with Gasteiger partial charge >= 0.3 is 6.18 Å². The Bertz CT molecular complexity index is 960. The highest BCUT2D eigenvalue weighted by molar-refractivity contribution is 5.70. The maximum Gasteiger partial charge on any atom is 0.433 e. The molecule has 3 rings (SSSR count). The highest BCUT2D eigenvalue weighted by atomic mass is 19.4. The van der Waals surface area contributed by atoms with Crippen LogP contribution in [0.5, 0.6) is 0 Å². The Balaban J connectivity index is 1.88. The van der Waals surface area contributed by atoms with Crippen molar-refractivity contribution in [3.05, 3.63) is 65.7 Å². The Morgan fingerprint density at radius 1 is 1.07 bits per heavy atom. The summed E-state index contributed by atoms with van der Waals surface area (Å²) in [6.07, 6.45) is 1.39. The number of aromatic nitrogens is 3. The van der Waals surface area contributed by atoms with Crippen molar-refractivity contribution in [3.8, 4) is 11.1 Å². The third-order valence-corrected chi connectivity index (χ3v) is 4.03. The molecule has 0 aliphatic rings. The lowest BCUT2D eigenvalue weighted by Crippen LogP contribution is -2.10. The molecule has 146 valence electrons. The number of nitrogens with zero attached hydrogens (tertiary/aromatic N) is 3. The molecule has 0 bridgehead atoms. The van der Waals surface area contributed by atoms with Gasteiger partial charge in [0.15, 0.2) is 0 Å². The number of halogens is 3. The van der Waals surface area contributed by atoms with Gasteiger partial charge in [0.05, 0.1) is 0 Å². The van der Waals surface area contributed by atoms with Crippen molar-refractivity contribution < 1.29 is 18.3 Å². The Hall–Kier alpha value is -3.00. The van der Waals surface area contributed by atoms with Gasteiger partial charge in [-0.2, -0.15) is 13.2 Å². The summed E-state index contributed by atoms with van der Waals surface area (Å²) < 4.78 is 38.5. The summed E-state index contributed by atoms with van der Waals surface area (Å²) in [6.45, 7) is 2.00. The fourth-order valence-electron chi connectivity index (χ4n) is 2.79. The summed E-state index contributed by atoms with van der Waals surface area (Å²) >= 11 is 0. The van der Waals surface area contributed by atoms with Gasteiger partial charge < -0.3 is 10.4 Å². The minimum absolute atomic E-state index is 0.111. The predicted octanol–water partition coefficient (Wildman–Crippen LogP) is 4.53. The molecule has 2 heterocycles. The molecule has 3 aromatic rings. The Kier molecular flexibility index (Phi) is 5.89. The molecule has 0 fully saturated rings. The topological polar surface area (TPSA) is 70.9 Å². The van der Waals surface area contributed by atoms with Crippen molar-refractivity contribution in [1.29, 1.82) is 0 Å². The van der Waals surface area contributed by atoms with Crippen LogP contribution < -0.4 is 5.32 Å². The maximum absolute atomic E-state index is 12.8. The first-order valence-electron chi connectivity index (χ1n) is 8.69. The van der Waals surface area contributed by atoms with E-state index < -0.39 is 11.9 Å². The number of rotatable bonds is 6. The molecule has 0 spiro atoms. The predicted molar refractivity (Wildman–Crippen MR) is 100 cm³/mol. The third kappa shape index (κ3) is 5.04. The molecule has 0 aliphatic carbocycles. The summed E-state index contributed by atoms with van der Waals surface area (Å²) in [5, 5.41) is 11.8. The van der Waals surface area contributed by atoms with Gasteiger partial charge in [-0.25, -0.2) is 9.97 Å². The number of alkyl halides is 3. The highest BCUT2D eigenvalue weighted by Gasteiger charge is 2.32. The van der Waals surface area contributed by atoms with E-state index >= 15 is 0 Å². The molecule has 2 aromatic heterocycles. The van der Waals surface area contributed by atoms with Gasteiger partial charge in [-0.15, -0.1) is 0 Å². The van der Waals surface area contributed by atoms with E-state index in [1.54, 1.807) is 18.5 Å². The molecule has 2 N–H and O–H groups in total. The van der Waals surface area contributed by atoms with Crippen LogP contribution in [0, 0.1) is 6.92 Å². The average Bonchev–Trinajstić information content (AvgIpc) is 2.66. The molecule has 0 amide bonds. The molecule has 1 aromatic carbocycles. The van der Waals surface area contributed by atoms with E-state index in [2.05, 4.69) is 20.3 Å². The number of benzene rings is 1.